The van der Waals surface area contributed by atoms with Crippen LogP contribution in [0.25, 0.3) is 0 Å². The van der Waals surface area contributed by atoms with Crippen LogP contribution in [0.1, 0.15) is 39.2 Å². The van der Waals surface area contributed by atoms with Crippen LogP contribution in [-0.4, -0.2) is 33.2 Å². The molecule has 1 heterocycles. The molecule has 2 N–H and O–H groups in total. The van der Waals surface area contributed by atoms with Gasteiger partial charge in [0.25, 0.3) is 0 Å². The standard InChI is InChI=1S/C14H24N2O3S2/c1-4-19-13-6-12(7-13)16-21(17,18)14-5-11(9-20-14)8-15-10(2)3/h5,9-10,12-13,15-16H,4,6-8H2,1-3H3. The Hall–Kier alpha value is -0.470. The molecule has 0 bridgehead atoms. The number of hydrogen-bond acceptors (Lipinski definition) is 5. The van der Waals surface area contributed by atoms with E-state index in [1.807, 2.05) is 12.3 Å². The summed E-state index contributed by atoms with van der Waals surface area (Å²) in [5, 5.41) is 5.18. The first-order valence-corrected chi connectivity index (χ1v) is 9.71. The van der Waals surface area contributed by atoms with Crippen molar-refractivity contribution >= 4 is 21.4 Å². The van der Waals surface area contributed by atoms with Crippen molar-refractivity contribution in [2.75, 3.05) is 6.61 Å². The summed E-state index contributed by atoms with van der Waals surface area (Å²) in [4.78, 5) is 0. The first kappa shape index (κ1) is 16.9. The Morgan fingerprint density at radius 3 is 2.76 bits per heavy atom. The Balaban J connectivity index is 1.88. The molecule has 1 fully saturated rings. The highest BCUT2D eigenvalue weighted by Gasteiger charge is 2.33. The molecule has 21 heavy (non-hydrogen) atoms. The maximum Gasteiger partial charge on any atom is 0.250 e. The minimum absolute atomic E-state index is 0.00545. The number of ether oxygens (including phenoxy) is 1. The highest BCUT2D eigenvalue weighted by atomic mass is 32.2. The van der Waals surface area contributed by atoms with Crippen molar-refractivity contribution in [2.45, 2.75) is 62.6 Å². The van der Waals surface area contributed by atoms with Crippen molar-refractivity contribution in [2.24, 2.45) is 0 Å². The molecule has 1 aliphatic rings. The van der Waals surface area contributed by atoms with Gasteiger partial charge in [-0.2, -0.15) is 0 Å². The summed E-state index contributed by atoms with van der Waals surface area (Å²) in [5.74, 6) is 0. The second-order valence-electron chi connectivity index (χ2n) is 5.68. The van der Waals surface area contributed by atoms with E-state index in [0.29, 0.717) is 23.4 Å². The zero-order valence-corrected chi connectivity index (χ0v) is 14.4. The molecule has 0 saturated heterocycles. The number of hydrogen-bond donors (Lipinski definition) is 2. The van der Waals surface area contributed by atoms with Crippen LogP contribution in [0.4, 0.5) is 0 Å². The van der Waals surface area contributed by atoms with Crippen molar-refractivity contribution in [1.29, 1.82) is 0 Å². The lowest BCUT2D eigenvalue weighted by Gasteiger charge is -2.34. The molecule has 0 spiro atoms. The van der Waals surface area contributed by atoms with Crippen molar-refractivity contribution in [3.05, 3.63) is 17.0 Å². The van der Waals surface area contributed by atoms with Crippen LogP contribution in [-0.2, 0) is 21.3 Å². The van der Waals surface area contributed by atoms with Crippen LogP contribution in [0.3, 0.4) is 0 Å². The summed E-state index contributed by atoms with van der Waals surface area (Å²) in [6, 6.07) is 2.14. The third kappa shape index (κ3) is 4.75. The lowest BCUT2D eigenvalue weighted by atomic mass is 9.90. The predicted octanol–water partition coefficient (Wildman–Crippen LogP) is 2.09. The molecule has 0 amide bonds. The lowest BCUT2D eigenvalue weighted by molar-refractivity contribution is -0.00474. The average molecular weight is 332 g/mol. The molecule has 120 valence electrons. The van der Waals surface area contributed by atoms with Gasteiger partial charge in [-0.1, -0.05) is 13.8 Å². The van der Waals surface area contributed by atoms with Gasteiger partial charge < -0.3 is 10.1 Å². The van der Waals surface area contributed by atoms with Gasteiger partial charge in [-0.25, -0.2) is 13.1 Å². The predicted molar refractivity (Wildman–Crippen MR) is 85.1 cm³/mol. The van der Waals surface area contributed by atoms with Crippen LogP contribution in [0.5, 0.6) is 0 Å². The smallest absolute Gasteiger partial charge is 0.250 e. The third-order valence-corrected chi connectivity index (χ3v) is 6.44. The zero-order valence-electron chi connectivity index (χ0n) is 12.8. The van der Waals surface area contributed by atoms with Gasteiger partial charge in [0, 0.05) is 25.2 Å². The number of nitrogens with one attached hydrogen (secondary N) is 2. The van der Waals surface area contributed by atoms with Crippen LogP contribution in [0.15, 0.2) is 15.7 Å². The highest BCUT2D eigenvalue weighted by molar-refractivity contribution is 7.91. The molecular formula is C14H24N2O3S2. The maximum absolute atomic E-state index is 12.3. The normalized spacial score (nSPS) is 22.5. The maximum atomic E-state index is 12.3. The van der Waals surface area contributed by atoms with E-state index in [9.17, 15) is 8.42 Å². The van der Waals surface area contributed by atoms with Crippen LogP contribution in [0.2, 0.25) is 0 Å². The van der Waals surface area contributed by atoms with Crippen LogP contribution >= 0.6 is 11.3 Å². The summed E-state index contributed by atoms with van der Waals surface area (Å²) in [5.41, 5.74) is 1.01. The van der Waals surface area contributed by atoms with Crippen molar-refractivity contribution in [3.63, 3.8) is 0 Å². The van der Waals surface area contributed by atoms with Crippen molar-refractivity contribution in [3.8, 4) is 0 Å². The molecule has 1 aliphatic carbocycles. The van der Waals surface area contributed by atoms with Crippen LogP contribution in [0, 0.1) is 0 Å². The molecular weight excluding hydrogens is 308 g/mol. The Kier molecular flexibility index (Phi) is 5.79. The third-order valence-electron chi connectivity index (χ3n) is 3.43. The van der Waals surface area contributed by atoms with E-state index in [2.05, 4.69) is 23.9 Å². The Morgan fingerprint density at radius 1 is 1.43 bits per heavy atom. The summed E-state index contributed by atoms with van der Waals surface area (Å²) in [7, 11) is -3.39. The summed E-state index contributed by atoms with van der Waals surface area (Å²) in [6.07, 6.45) is 1.73. The largest absolute Gasteiger partial charge is 0.378 e. The first-order valence-electron chi connectivity index (χ1n) is 7.35. The van der Waals surface area contributed by atoms with Gasteiger partial charge in [0.1, 0.15) is 4.21 Å². The van der Waals surface area contributed by atoms with Gasteiger partial charge in [0.15, 0.2) is 0 Å². The monoisotopic (exact) mass is 332 g/mol. The molecule has 0 aliphatic heterocycles. The molecule has 1 saturated carbocycles. The molecule has 0 radical (unpaired) electrons. The fourth-order valence-electron chi connectivity index (χ4n) is 2.22. The van der Waals surface area contributed by atoms with E-state index in [4.69, 9.17) is 4.74 Å². The highest BCUT2D eigenvalue weighted by Crippen LogP contribution is 2.27. The molecule has 7 heteroatoms. The van der Waals surface area contributed by atoms with E-state index in [0.717, 1.165) is 18.4 Å². The molecule has 1 aromatic rings. The van der Waals surface area contributed by atoms with E-state index >= 15 is 0 Å². The fourth-order valence-corrected chi connectivity index (χ4v) is 4.71. The average Bonchev–Trinajstić information content (AvgIpc) is 2.83. The molecule has 0 atom stereocenters. The number of rotatable bonds is 8. The van der Waals surface area contributed by atoms with Gasteiger partial charge in [-0.3, -0.25) is 0 Å². The van der Waals surface area contributed by atoms with E-state index in [-0.39, 0.29) is 12.1 Å². The number of sulfonamides is 1. The van der Waals surface area contributed by atoms with E-state index in [1.165, 1.54) is 11.3 Å². The van der Waals surface area contributed by atoms with Crippen molar-refractivity contribution in [1.82, 2.24) is 10.0 Å². The first-order chi connectivity index (χ1) is 9.90. The van der Waals surface area contributed by atoms with Gasteiger partial charge in [-0.05, 0) is 36.8 Å². The molecule has 5 nitrogen and oxygen atoms in total. The Bertz CT molecular complexity index is 548. The zero-order chi connectivity index (χ0) is 15.5. The van der Waals surface area contributed by atoms with Gasteiger partial charge in [0.05, 0.1) is 6.10 Å². The second-order valence-corrected chi connectivity index (χ2v) is 8.53. The van der Waals surface area contributed by atoms with Crippen molar-refractivity contribution < 1.29 is 13.2 Å². The van der Waals surface area contributed by atoms with E-state index < -0.39 is 10.0 Å². The molecule has 2 rings (SSSR count). The molecule has 0 unspecified atom stereocenters. The number of thiophene rings is 1. The topological polar surface area (TPSA) is 67.4 Å². The quantitative estimate of drug-likeness (QED) is 0.765. The van der Waals surface area contributed by atoms with Crippen LogP contribution < -0.4 is 10.0 Å². The van der Waals surface area contributed by atoms with Gasteiger partial charge in [0.2, 0.25) is 10.0 Å². The minimum Gasteiger partial charge on any atom is -0.378 e. The van der Waals surface area contributed by atoms with Gasteiger partial charge in [-0.15, -0.1) is 11.3 Å². The molecule has 1 aromatic heterocycles. The molecule has 0 aromatic carbocycles. The minimum atomic E-state index is -3.39. The van der Waals surface area contributed by atoms with E-state index in [1.54, 1.807) is 6.07 Å². The summed E-state index contributed by atoms with van der Waals surface area (Å²) >= 11 is 1.27. The Morgan fingerprint density at radius 2 is 2.14 bits per heavy atom. The Labute approximate surface area is 131 Å². The SMILES string of the molecule is CCOC1CC(NS(=O)(=O)c2cc(CNC(C)C)cs2)C1. The lowest BCUT2D eigenvalue weighted by Crippen LogP contribution is -2.47. The van der Waals surface area contributed by atoms with Gasteiger partial charge >= 0.3 is 0 Å². The summed E-state index contributed by atoms with van der Waals surface area (Å²) < 4.78 is 33.2. The second kappa shape index (κ2) is 7.19. The summed E-state index contributed by atoms with van der Waals surface area (Å²) in [6.45, 7) is 7.46. The fraction of sp³-hybridized carbons (Fsp3) is 0.714.